The lowest BCUT2D eigenvalue weighted by Gasteiger charge is -2.30. The van der Waals surface area contributed by atoms with Crippen LogP contribution in [0, 0.1) is 23.7 Å². The predicted molar refractivity (Wildman–Crippen MR) is 97.2 cm³/mol. The van der Waals surface area contributed by atoms with Crippen LogP contribution in [0.15, 0.2) is 0 Å². The molecule has 7 atom stereocenters. The lowest BCUT2D eigenvalue weighted by molar-refractivity contribution is 0.275. The SMILES string of the molecule is CC(CN)CC(N)C(C)CC(N)C(C)CC(N)C(C)CCN. The normalized spacial score (nSPS) is 21.7. The van der Waals surface area contributed by atoms with Crippen molar-refractivity contribution in [3.8, 4) is 0 Å². The van der Waals surface area contributed by atoms with Crippen LogP contribution in [-0.4, -0.2) is 31.2 Å². The van der Waals surface area contributed by atoms with Gasteiger partial charge >= 0.3 is 0 Å². The minimum absolute atomic E-state index is 0.144. The lowest BCUT2D eigenvalue weighted by Crippen LogP contribution is -2.40. The van der Waals surface area contributed by atoms with E-state index in [1.165, 1.54) is 0 Å². The molecule has 0 saturated carbocycles. The van der Waals surface area contributed by atoms with E-state index >= 15 is 0 Å². The molecular formula is C17H41N5. The molecule has 0 aliphatic heterocycles. The summed E-state index contributed by atoms with van der Waals surface area (Å²) in [7, 11) is 0. The van der Waals surface area contributed by atoms with Crippen LogP contribution in [0.1, 0.15) is 53.4 Å². The fourth-order valence-corrected chi connectivity index (χ4v) is 2.94. The summed E-state index contributed by atoms with van der Waals surface area (Å²) in [6, 6.07) is 0.484. The van der Waals surface area contributed by atoms with Gasteiger partial charge in [-0.2, -0.15) is 0 Å². The summed E-state index contributed by atoms with van der Waals surface area (Å²) in [5.41, 5.74) is 30.2. The maximum absolute atomic E-state index is 6.38. The molecule has 0 spiro atoms. The zero-order chi connectivity index (χ0) is 17.3. The molecule has 0 heterocycles. The van der Waals surface area contributed by atoms with Gasteiger partial charge in [0.05, 0.1) is 0 Å². The number of hydrogen-bond donors (Lipinski definition) is 5. The Balaban J connectivity index is 4.25. The van der Waals surface area contributed by atoms with Gasteiger partial charge in [0.2, 0.25) is 0 Å². The summed E-state index contributed by atoms with van der Waals surface area (Å²) in [5.74, 6) is 1.72. The molecule has 0 radical (unpaired) electrons. The van der Waals surface area contributed by atoms with E-state index in [-0.39, 0.29) is 18.1 Å². The first kappa shape index (κ1) is 21.8. The quantitative estimate of drug-likeness (QED) is 0.366. The van der Waals surface area contributed by atoms with E-state index in [1.54, 1.807) is 0 Å². The van der Waals surface area contributed by atoms with E-state index in [9.17, 15) is 0 Å². The highest BCUT2D eigenvalue weighted by Crippen LogP contribution is 2.22. The maximum atomic E-state index is 6.38. The van der Waals surface area contributed by atoms with Crippen LogP contribution in [-0.2, 0) is 0 Å². The van der Waals surface area contributed by atoms with E-state index < -0.39 is 0 Å². The third-order valence-electron chi connectivity index (χ3n) is 5.18. The van der Waals surface area contributed by atoms with Gasteiger partial charge in [0.25, 0.3) is 0 Å². The van der Waals surface area contributed by atoms with Gasteiger partial charge in [-0.1, -0.05) is 27.7 Å². The maximum Gasteiger partial charge on any atom is 0.00682 e. The van der Waals surface area contributed by atoms with Crippen molar-refractivity contribution in [2.24, 2.45) is 52.3 Å². The fraction of sp³-hybridized carbons (Fsp3) is 1.00. The van der Waals surface area contributed by atoms with Crippen LogP contribution >= 0.6 is 0 Å². The average Bonchev–Trinajstić information content (AvgIpc) is 2.46. The second-order valence-electron chi connectivity index (χ2n) is 7.55. The van der Waals surface area contributed by atoms with Crippen molar-refractivity contribution >= 4 is 0 Å². The topological polar surface area (TPSA) is 130 Å². The Kier molecular flexibility index (Phi) is 11.3. The van der Waals surface area contributed by atoms with Crippen molar-refractivity contribution in [2.75, 3.05) is 13.1 Å². The molecule has 0 amide bonds. The summed E-state index contributed by atoms with van der Waals surface area (Å²) in [6.45, 7) is 10.1. The summed E-state index contributed by atoms with van der Waals surface area (Å²) in [6.07, 6.45) is 3.83. The van der Waals surface area contributed by atoms with Crippen molar-refractivity contribution in [1.82, 2.24) is 0 Å². The highest BCUT2D eigenvalue weighted by Gasteiger charge is 2.24. The van der Waals surface area contributed by atoms with E-state index in [0.29, 0.717) is 36.8 Å². The smallest absolute Gasteiger partial charge is 0.00682 e. The van der Waals surface area contributed by atoms with E-state index in [0.717, 1.165) is 25.7 Å². The molecule has 0 aliphatic carbocycles. The number of nitrogens with two attached hydrogens (primary N) is 5. The molecule has 10 N–H and O–H groups in total. The molecule has 0 aromatic heterocycles. The highest BCUT2D eigenvalue weighted by atomic mass is 14.7. The third-order valence-corrected chi connectivity index (χ3v) is 5.18. The van der Waals surface area contributed by atoms with Gasteiger partial charge in [0.15, 0.2) is 0 Å². The van der Waals surface area contributed by atoms with Gasteiger partial charge in [-0.15, -0.1) is 0 Å². The summed E-state index contributed by atoms with van der Waals surface area (Å²) >= 11 is 0. The van der Waals surface area contributed by atoms with Gasteiger partial charge in [-0.25, -0.2) is 0 Å². The summed E-state index contributed by atoms with van der Waals surface area (Å²) < 4.78 is 0. The molecule has 0 aromatic rings. The van der Waals surface area contributed by atoms with Crippen LogP contribution in [0.5, 0.6) is 0 Å². The van der Waals surface area contributed by atoms with Gasteiger partial charge in [-0.3, -0.25) is 0 Å². The Morgan fingerprint density at radius 3 is 1.45 bits per heavy atom. The molecule has 0 bridgehead atoms. The Bertz CT molecular complexity index is 274. The third kappa shape index (κ3) is 8.44. The van der Waals surface area contributed by atoms with Gasteiger partial charge in [0.1, 0.15) is 0 Å². The van der Waals surface area contributed by atoms with Crippen molar-refractivity contribution < 1.29 is 0 Å². The molecule has 0 fully saturated rings. The van der Waals surface area contributed by atoms with Crippen LogP contribution in [0.2, 0.25) is 0 Å². The first-order valence-electron chi connectivity index (χ1n) is 8.89. The predicted octanol–water partition coefficient (Wildman–Crippen LogP) is 0.991. The minimum Gasteiger partial charge on any atom is -0.330 e. The second kappa shape index (κ2) is 11.4. The standard InChI is InChI=1S/C17H41N5/c1-11(10-19)7-15(20)13(3)9-17(22)14(4)8-16(21)12(2)5-6-18/h11-17H,5-10,18-22H2,1-4H3. The van der Waals surface area contributed by atoms with Crippen molar-refractivity contribution in [1.29, 1.82) is 0 Å². The van der Waals surface area contributed by atoms with Crippen LogP contribution < -0.4 is 28.7 Å². The van der Waals surface area contributed by atoms with Crippen molar-refractivity contribution in [2.45, 2.75) is 71.5 Å². The highest BCUT2D eigenvalue weighted by molar-refractivity contribution is 4.82. The van der Waals surface area contributed by atoms with Crippen molar-refractivity contribution in [3.05, 3.63) is 0 Å². The molecule has 0 aromatic carbocycles. The van der Waals surface area contributed by atoms with Crippen LogP contribution in [0.3, 0.4) is 0 Å². The molecule has 22 heavy (non-hydrogen) atoms. The molecule has 0 aliphatic rings. The van der Waals surface area contributed by atoms with Gasteiger partial charge < -0.3 is 28.7 Å². The lowest BCUT2D eigenvalue weighted by atomic mass is 9.82. The fourth-order valence-electron chi connectivity index (χ4n) is 2.94. The van der Waals surface area contributed by atoms with Gasteiger partial charge in [-0.05, 0) is 62.4 Å². The minimum atomic E-state index is 0.144. The Morgan fingerprint density at radius 1 is 0.636 bits per heavy atom. The van der Waals surface area contributed by atoms with E-state index in [2.05, 4.69) is 27.7 Å². The Labute approximate surface area is 137 Å². The zero-order valence-electron chi connectivity index (χ0n) is 15.2. The van der Waals surface area contributed by atoms with Gasteiger partial charge in [0, 0.05) is 18.1 Å². The molecule has 5 nitrogen and oxygen atoms in total. The Morgan fingerprint density at radius 2 is 1.05 bits per heavy atom. The molecule has 0 saturated heterocycles. The largest absolute Gasteiger partial charge is 0.330 e. The summed E-state index contributed by atoms with van der Waals surface area (Å²) in [5, 5.41) is 0. The monoisotopic (exact) mass is 315 g/mol. The second-order valence-corrected chi connectivity index (χ2v) is 7.55. The molecular weight excluding hydrogens is 274 g/mol. The number of rotatable bonds is 12. The van der Waals surface area contributed by atoms with Crippen LogP contribution in [0.4, 0.5) is 0 Å². The average molecular weight is 316 g/mol. The molecule has 0 rings (SSSR count). The molecule has 5 heteroatoms. The first-order chi connectivity index (χ1) is 10.2. The Hall–Kier alpha value is -0.200. The van der Waals surface area contributed by atoms with Crippen LogP contribution in [0.25, 0.3) is 0 Å². The van der Waals surface area contributed by atoms with Crippen molar-refractivity contribution in [3.63, 3.8) is 0 Å². The molecule has 134 valence electrons. The summed E-state index contributed by atoms with van der Waals surface area (Å²) in [4.78, 5) is 0. The van der Waals surface area contributed by atoms with E-state index in [1.807, 2.05) is 0 Å². The van der Waals surface area contributed by atoms with E-state index in [4.69, 9.17) is 28.7 Å². The first-order valence-corrected chi connectivity index (χ1v) is 8.89. The number of hydrogen-bond acceptors (Lipinski definition) is 5. The zero-order valence-corrected chi connectivity index (χ0v) is 15.2. The molecule has 7 unspecified atom stereocenters.